The van der Waals surface area contributed by atoms with Gasteiger partial charge in [-0.3, -0.25) is 9.48 Å². The Morgan fingerprint density at radius 3 is 2.93 bits per heavy atom. The van der Waals surface area contributed by atoms with Crippen molar-refractivity contribution in [3.8, 4) is 0 Å². The summed E-state index contributed by atoms with van der Waals surface area (Å²) in [5.41, 5.74) is 0.928. The molecule has 1 N–H and O–H groups in total. The monoisotopic (exact) mass is 214 g/mol. The largest absolute Gasteiger partial charge is 0.480 e. The standard InChI is InChI=1S/C9H14N2O2S/c1-3-8(9(12)13)14-6-7-4-5-11(2)10-7/h4-5,8H,3,6H2,1-2H3,(H,12,13). The number of carboxylic acids is 1. The molecule has 1 unspecified atom stereocenters. The van der Waals surface area contributed by atoms with Crippen molar-refractivity contribution < 1.29 is 9.90 Å². The van der Waals surface area contributed by atoms with Crippen molar-refractivity contribution in [3.05, 3.63) is 18.0 Å². The predicted molar refractivity (Wildman–Crippen MR) is 56.2 cm³/mol. The average Bonchev–Trinajstić information content (AvgIpc) is 2.52. The molecule has 1 rings (SSSR count). The Morgan fingerprint density at radius 1 is 1.79 bits per heavy atom. The molecule has 1 aromatic rings. The third-order valence-corrected chi connectivity index (χ3v) is 3.25. The average molecular weight is 214 g/mol. The van der Waals surface area contributed by atoms with Crippen LogP contribution in [0.1, 0.15) is 19.0 Å². The topological polar surface area (TPSA) is 55.1 Å². The smallest absolute Gasteiger partial charge is 0.316 e. The molecule has 0 saturated carbocycles. The number of aromatic nitrogens is 2. The first-order valence-corrected chi connectivity index (χ1v) is 5.51. The number of thioether (sulfide) groups is 1. The van der Waals surface area contributed by atoms with Crippen molar-refractivity contribution in [1.29, 1.82) is 0 Å². The lowest BCUT2D eigenvalue weighted by Gasteiger charge is -2.07. The van der Waals surface area contributed by atoms with Gasteiger partial charge < -0.3 is 5.11 Å². The summed E-state index contributed by atoms with van der Waals surface area (Å²) in [6.07, 6.45) is 2.50. The van der Waals surface area contributed by atoms with Gasteiger partial charge in [0.2, 0.25) is 0 Å². The SMILES string of the molecule is CCC(SCc1ccn(C)n1)C(=O)O. The fraction of sp³-hybridized carbons (Fsp3) is 0.556. The van der Waals surface area contributed by atoms with Crippen LogP contribution in [0.15, 0.2) is 12.3 Å². The van der Waals surface area contributed by atoms with Crippen LogP contribution in [0.4, 0.5) is 0 Å². The van der Waals surface area contributed by atoms with Crippen molar-refractivity contribution in [2.45, 2.75) is 24.3 Å². The second kappa shape index (κ2) is 5.05. The van der Waals surface area contributed by atoms with Crippen LogP contribution in [-0.4, -0.2) is 26.1 Å². The zero-order valence-corrected chi connectivity index (χ0v) is 9.12. The Bertz CT molecular complexity index is 312. The fourth-order valence-electron chi connectivity index (χ4n) is 1.09. The number of hydrogen-bond donors (Lipinski definition) is 1. The molecule has 0 saturated heterocycles. The highest BCUT2D eigenvalue weighted by Gasteiger charge is 2.15. The van der Waals surface area contributed by atoms with Gasteiger partial charge in [0.15, 0.2) is 0 Å². The molecule has 1 heterocycles. The first kappa shape index (κ1) is 11.1. The Kier molecular flexibility index (Phi) is 4.00. The van der Waals surface area contributed by atoms with E-state index in [1.807, 2.05) is 26.2 Å². The normalized spacial score (nSPS) is 12.7. The van der Waals surface area contributed by atoms with Crippen molar-refractivity contribution in [3.63, 3.8) is 0 Å². The lowest BCUT2D eigenvalue weighted by molar-refractivity contribution is -0.136. The zero-order valence-electron chi connectivity index (χ0n) is 8.30. The second-order valence-electron chi connectivity index (χ2n) is 3.03. The van der Waals surface area contributed by atoms with Crippen LogP contribution < -0.4 is 0 Å². The molecule has 0 fully saturated rings. The van der Waals surface area contributed by atoms with Crippen LogP contribution in [0, 0.1) is 0 Å². The molecule has 0 bridgehead atoms. The van der Waals surface area contributed by atoms with Gasteiger partial charge in [0, 0.05) is 19.0 Å². The third kappa shape index (κ3) is 3.06. The molecule has 1 atom stereocenters. The Hall–Kier alpha value is -0.970. The lowest BCUT2D eigenvalue weighted by Crippen LogP contribution is -2.15. The van der Waals surface area contributed by atoms with Gasteiger partial charge in [-0.1, -0.05) is 6.92 Å². The Labute approximate surface area is 87.3 Å². The first-order chi connectivity index (χ1) is 6.63. The number of carboxylic acid groups (broad SMARTS) is 1. The van der Waals surface area contributed by atoms with E-state index >= 15 is 0 Å². The molecule has 5 heteroatoms. The van der Waals surface area contributed by atoms with Crippen LogP contribution in [0.2, 0.25) is 0 Å². The van der Waals surface area contributed by atoms with Crippen LogP contribution in [0.3, 0.4) is 0 Å². The number of rotatable bonds is 5. The van der Waals surface area contributed by atoms with Gasteiger partial charge in [0.05, 0.1) is 5.69 Å². The van der Waals surface area contributed by atoms with Crippen molar-refractivity contribution in [2.75, 3.05) is 0 Å². The number of hydrogen-bond acceptors (Lipinski definition) is 3. The van der Waals surface area contributed by atoms with E-state index in [0.29, 0.717) is 12.2 Å². The highest BCUT2D eigenvalue weighted by Crippen LogP contribution is 2.19. The Balaban J connectivity index is 2.43. The molecule has 0 radical (unpaired) electrons. The van der Waals surface area contributed by atoms with Crippen LogP contribution in [-0.2, 0) is 17.6 Å². The maximum absolute atomic E-state index is 10.7. The minimum absolute atomic E-state index is 0.322. The van der Waals surface area contributed by atoms with E-state index < -0.39 is 5.97 Å². The summed E-state index contributed by atoms with van der Waals surface area (Å²) in [6, 6.07) is 1.90. The number of aliphatic carboxylic acids is 1. The second-order valence-corrected chi connectivity index (χ2v) is 4.22. The number of carbonyl (C=O) groups is 1. The van der Waals surface area contributed by atoms with Gasteiger partial charge in [-0.15, -0.1) is 11.8 Å². The highest BCUT2D eigenvalue weighted by atomic mass is 32.2. The molecule has 0 aromatic carbocycles. The molecule has 0 aliphatic rings. The van der Waals surface area contributed by atoms with Crippen LogP contribution in [0.5, 0.6) is 0 Å². The molecule has 0 aliphatic heterocycles. The molecule has 78 valence electrons. The molecular weight excluding hydrogens is 200 g/mol. The minimum atomic E-state index is -0.742. The maximum atomic E-state index is 10.7. The molecule has 0 amide bonds. The van der Waals surface area contributed by atoms with Gasteiger partial charge in [0.25, 0.3) is 0 Å². The van der Waals surface area contributed by atoms with E-state index in [1.165, 1.54) is 11.8 Å². The van der Waals surface area contributed by atoms with Gasteiger partial charge in [-0.05, 0) is 12.5 Å². The van der Waals surface area contributed by atoms with Gasteiger partial charge >= 0.3 is 5.97 Å². The van der Waals surface area contributed by atoms with E-state index in [0.717, 1.165) is 5.69 Å². The van der Waals surface area contributed by atoms with E-state index in [-0.39, 0.29) is 5.25 Å². The van der Waals surface area contributed by atoms with Crippen LogP contribution >= 0.6 is 11.8 Å². The van der Waals surface area contributed by atoms with E-state index in [9.17, 15) is 4.79 Å². The molecule has 1 aromatic heterocycles. The van der Waals surface area contributed by atoms with E-state index in [2.05, 4.69) is 5.10 Å². The first-order valence-electron chi connectivity index (χ1n) is 4.46. The van der Waals surface area contributed by atoms with Crippen molar-refractivity contribution >= 4 is 17.7 Å². The predicted octanol–water partition coefficient (Wildman–Crippen LogP) is 1.52. The summed E-state index contributed by atoms with van der Waals surface area (Å²) in [7, 11) is 1.85. The molecule has 4 nitrogen and oxygen atoms in total. The van der Waals surface area contributed by atoms with Gasteiger partial charge in [-0.25, -0.2) is 0 Å². The number of nitrogens with zero attached hydrogens (tertiary/aromatic N) is 2. The minimum Gasteiger partial charge on any atom is -0.480 e. The number of aryl methyl sites for hydroxylation is 1. The molecule has 0 spiro atoms. The van der Waals surface area contributed by atoms with Gasteiger partial charge in [0.1, 0.15) is 5.25 Å². The molecular formula is C9H14N2O2S. The quantitative estimate of drug-likeness (QED) is 0.807. The molecule has 0 aliphatic carbocycles. The lowest BCUT2D eigenvalue weighted by atomic mass is 10.3. The van der Waals surface area contributed by atoms with E-state index in [1.54, 1.807) is 4.68 Å². The Morgan fingerprint density at radius 2 is 2.50 bits per heavy atom. The summed E-state index contributed by atoms with van der Waals surface area (Å²) in [5.74, 6) is -0.0838. The van der Waals surface area contributed by atoms with Crippen molar-refractivity contribution in [1.82, 2.24) is 9.78 Å². The van der Waals surface area contributed by atoms with Crippen molar-refractivity contribution in [2.24, 2.45) is 7.05 Å². The maximum Gasteiger partial charge on any atom is 0.316 e. The summed E-state index contributed by atoms with van der Waals surface area (Å²) in [5, 5.41) is 12.7. The van der Waals surface area contributed by atoms with E-state index in [4.69, 9.17) is 5.11 Å². The summed E-state index contributed by atoms with van der Waals surface area (Å²) in [6.45, 7) is 1.88. The fourth-order valence-corrected chi connectivity index (χ4v) is 1.99. The highest BCUT2D eigenvalue weighted by molar-refractivity contribution is 7.99. The zero-order chi connectivity index (χ0) is 10.6. The van der Waals surface area contributed by atoms with Gasteiger partial charge in [-0.2, -0.15) is 5.10 Å². The van der Waals surface area contributed by atoms with Crippen LogP contribution in [0.25, 0.3) is 0 Å². The summed E-state index contributed by atoms with van der Waals surface area (Å²) >= 11 is 1.42. The molecule has 14 heavy (non-hydrogen) atoms. The third-order valence-electron chi connectivity index (χ3n) is 1.85. The summed E-state index contributed by atoms with van der Waals surface area (Å²) < 4.78 is 1.72. The summed E-state index contributed by atoms with van der Waals surface area (Å²) in [4.78, 5) is 10.7.